The molecule has 0 radical (unpaired) electrons. The van der Waals surface area contributed by atoms with Crippen molar-refractivity contribution in [1.29, 1.82) is 0 Å². The van der Waals surface area contributed by atoms with E-state index in [9.17, 15) is 9.90 Å². The Hall–Kier alpha value is -3.14. The fourth-order valence-electron chi connectivity index (χ4n) is 4.65. The van der Waals surface area contributed by atoms with Crippen LogP contribution in [0.5, 0.6) is 5.75 Å². The molecule has 178 valence electrons. The zero-order valence-electron chi connectivity index (χ0n) is 20.9. The Bertz CT molecular complexity index is 1220. The molecule has 1 unspecified atom stereocenters. The third-order valence-electron chi connectivity index (χ3n) is 6.84. The average Bonchev–Trinajstić information content (AvgIpc) is 2.77. The molecule has 0 bridgehead atoms. The summed E-state index contributed by atoms with van der Waals surface area (Å²) in [4.78, 5) is 17.4. The van der Waals surface area contributed by atoms with Crippen molar-refractivity contribution in [2.45, 2.75) is 53.9 Å². The molecule has 4 heteroatoms. The zero-order chi connectivity index (χ0) is 24.5. The van der Waals surface area contributed by atoms with E-state index in [-0.39, 0.29) is 5.41 Å². The summed E-state index contributed by atoms with van der Waals surface area (Å²) >= 11 is 0. The van der Waals surface area contributed by atoms with E-state index >= 15 is 0 Å². The number of pyridine rings is 1. The highest BCUT2D eigenvalue weighted by atomic mass is 16.5. The molecule has 0 aliphatic heterocycles. The Labute approximate surface area is 202 Å². The highest BCUT2D eigenvalue weighted by molar-refractivity contribution is 6.06. The van der Waals surface area contributed by atoms with E-state index in [0.29, 0.717) is 29.4 Å². The van der Waals surface area contributed by atoms with Crippen LogP contribution in [0.25, 0.3) is 22.6 Å². The molecule has 1 atom stereocenters. The van der Waals surface area contributed by atoms with Crippen molar-refractivity contribution >= 4 is 28.5 Å². The quantitative estimate of drug-likeness (QED) is 0.416. The minimum absolute atomic E-state index is 0.0479. The Morgan fingerprint density at radius 1 is 1.12 bits per heavy atom. The van der Waals surface area contributed by atoms with Crippen LogP contribution < -0.4 is 4.74 Å². The minimum atomic E-state index is -0.883. The Balaban J connectivity index is 1.77. The molecule has 1 aromatic heterocycles. The van der Waals surface area contributed by atoms with Crippen LogP contribution in [0, 0.1) is 17.3 Å². The molecular weight excluding hydrogens is 422 g/mol. The summed E-state index contributed by atoms with van der Waals surface area (Å²) in [6.07, 6.45) is 4.79. The van der Waals surface area contributed by atoms with Gasteiger partial charge in [-0.2, -0.15) is 0 Å². The maximum atomic E-state index is 12.4. The maximum absolute atomic E-state index is 12.4. The molecule has 0 saturated carbocycles. The molecule has 0 amide bonds. The lowest BCUT2D eigenvalue weighted by Gasteiger charge is -2.36. The summed E-state index contributed by atoms with van der Waals surface area (Å²) in [5.74, 6) is 0.930. The van der Waals surface area contributed by atoms with Crippen LogP contribution in [0.4, 0.5) is 0 Å². The molecule has 0 fully saturated rings. The van der Waals surface area contributed by atoms with Crippen molar-refractivity contribution in [3.63, 3.8) is 0 Å². The molecule has 1 heterocycles. The zero-order valence-corrected chi connectivity index (χ0v) is 20.9. The van der Waals surface area contributed by atoms with Gasteiger partial charge in [-0.3, -0.25) is 0 Å². The van der Waals surface area contributed by atoms with Crippen molar-refractivity contribution in [2.24, 2.45) is 17.3 Å². The molecule has 1 N–H and O–H groups in total. The van der Waals surface area contributed by atoms with E-state index in [0.717, 1.165) is 52.9 Å². The van der Waals surface area contributed by atoms with Crippen molar-refractivity contribution in [1.82, 2.24) is 4.98 Å². The predicted molar refractivity (Wildman–Crippen MR) is 139 cm³/mol. The summed E-state index contributed by atoms with van der Waals surface area (Å²) in [5.41, 5.74) is 5.03. The van der Waals surface area contributed by atoms with E-state index in [1.54, 1.807) is 0 Å². The third kappa shape index (κ3) is 5.16. The van der Waals surface area contributed by atoms with Crippen LogP contribution in [0.3, 0.4) is 0 Å². The first kappa shape index (κ1) is 24.0. The summed E-state index contributed by atoms with van der Waals surface area (Å²) < 4.78 is 5.87. The Kier molecular flexibility index (Phi) is 6.79. The molecular formula is C30H35NO3. The fourth-order valence-corrected chi connectivity index (χ4v) is 4.65. The van der Waals surface area contributed by atoms with E-state index in [4.69, 9.17) is 9.72 Å². The van der Waals surface area contributed by atoms with Gasteiger partial charge in [0.25, 0.3) is 0 Å². The number of ether oxygens (including phenoxy) is 1. The SMILES string of the molecule is CC(C)CCOc1ccc(C=C2CC(C(C)(C)C)Cc3c2nc2ccccc2c3C(=O)O)cc1. The van der Waals surface area contributed by atoms with Gasteiger partial charge in [0, 0.05) is 5.39 Å². The smallest absolute Gasteiger partial charge is 0.336 e. The number of rotatable bonds is 6. The molecule has 2 aromatic carbocycles. The number of fused-ring (bicyclic) bond motifs is 2. The number of carboxylic acid groups (broad SMARTS) is 1. The van der Waals surface area contributed by atoms with Gasteiger partial charge in [-0.05, 0) is 77.5 Å². The van der Waals surface area contributed by atoms with Gasteiger partial charge in [0.15, 0.2) is 0 Å². The monoisotopic (exact) mass is 457 g/mol. The van der Waals surface area contributed by atoms with Crippen LogP contribution in [0.15, 0.2) is 48.5 Å². The number of allylic oxidation sites excluding steroid dienone is 1. The molecule has 4 rings (SSSR count). The standard InChI is InChI=1S/C30H35NO3/c1-19(2)14-15-34-23-12-10-20(11-13-23)16-21-17-22(30(3,4)5)18-25-27(29(32)33)24-8-6-7-9-26(24)31-28(21)25/h6-13,16,19,22H,14-15,17-18H2,1-5H3,(H,32,33). The van der Waals surface area contributed by atoms with Gasteiger partial charge in [0.2, 0.25) is 0 Å². The lowest BCUT2D eigenvalue weighted by atomic mass is 9.69. The van der Waals surface area contributed by atoms with Gasteiger partial charge < -0.3 is 9.84 Å². The largest absolute Gasteiger partial charge is 0.494 e. The molecule has 34 heavy (non-hydrogen) atoms. The van der Waals surface area contributed by atoms with Crippen LogP contribution in [0.1, 0.15) is 74.6 Å². The molecule has 4 nitrogen and oxygen atoms in total. The number of hydrogen-bond acceptors (Lipinski definition) is 3. The maximum Gasteiger partial charge on any atom is 0.336 e. The second-order valence-corrected chi connectivity index (χ2v) is 10.9. The Morgan fingerprint density at radius 3 is 2.47 bits per heavy atom. The second kappa shape index (κ2) is 9.61. The summed E-state index contributed by atoms with van der Waals surface area (Å²) in [5, 5.41) is 10.9. The number of para-hydroxylation sites is 1. The van der Waals surface area contributed by atoms with Crippen LogP contribution in [-0.2, 0) is 6.42 Å². The lowest BCUT2D eigenvalue weighted by Crippen LogP contribution is -2.28. The van der Waals surface area contributed by atoms with E-state index in [2.05, 4.69) is 52.8 Å². The summed E-state index contributed by atoms with van der Waals surface area (Å²) in [6, 6.07) is 15.7. The topological polar surface area (TPSA) is 59.4 Å². The summed E-state index contributed by atoms with van der Waals surface area (Å²) in [6.45, 7) is 11.8. The number of nitrogens with zero attached hydrogens (tertiary/aromatic N) is 1. The first-order chi connectivity index (χ1) is 16.1. The normalized spacial score (nSPS) is 17.2. The first-order valence-corrected chi connectivity index (χ1v) is 12.2. The molecule has 1 aliphatic carbocycles. The number of carboxylic acids is 1. The number of aromatic nitrogens is 1. The Morgan fingerprint density at radius 2 is 1.82 bits per heavy atom. The van der Waals surface area contributed by atoms with Gasteiger partial charge in [-0.1, -0.05) is 65.0 Å². The molecule has 0 spiro atoms. The van der Waals surface area contributed by atoms with Gasteiger partial charge in [0.05, 0.1) is 23.4 Å². The molecule has 1 aliphatic rings. The highest BCUT2D eigenvalue weighted by Crippen LogP contribution is 2.44. The van der Waals surface area contributed by atoms with Crippen LogP contribution in [-0.4, -0.2) is 22.7 Å². The van der Waals surface area contributed by atoms with E-state index in [1.807, 2.05) is 36.4 Å². The van der Waals surface area contributed by atoms with Gasteiger partial charge in [0.1, 0.15) is 5.75 Å². The van der Waals surface area contributed by atoms with Crippen molar-refractivity contribution in [3.05, 3.63) is 70.9 Å². The van der Waals surface area contributed by atoms with E-state index in [1.165, 1.54) is 0 Å². The van der Waals surface area contributed by atoms with Gasteiger partial charge in [-0.25, -0.2) is 9.78 Å². The molecule has 0 saturated heterocycles. The van der Waals surface area contributed by atoms with Gasteiger partial charge in [-0.15, -0.1) is 0 Å². The fraction of sp³-hybridized carbons (Fsp3) is 0.400. The third-order valence-corrected chi connectivity index (χ3v) is 6.84. The second-order valence-electron chi connectivity index (χ2n) is 10.9. The van der Waals surface area contributed by atoms with Crippen molar-refractivity contribution < 1.29 is 14.6 Å². The van der Waals surface area contributed by atoms with Crippen LogP contribution in [0.2, 0.25) is 0 Å². The number of benzene rings is 2. The molecule has 3 aromatic rings. The number of aromatic carboxylic acids is 1. The highest BCUT2D eigenvalue weighted by Gasteiger charge is 2.35. The van der Waals surface area contributed by atoms with Crippen molar-refractivity contribution in [3.8, 4) is 5.75 Å². The first-order valence-electron chi connectivity index (χ1n) is 12.2. The minimum Gasteiger partial charge on any atom is -0.494 e. The average molecular weight is 458 g/mol. The summed E-state index contributed by atoms with van der Waals surface area (Å²) in [7, 11) is 0. The van der Waals surface area contributed by atoms with Gasteiger partial charge >= 0.3 is 5.97 Å². The predicted octanol–water partition coefficient (Wildman–Crippen LogP) is 7.51. The van der Waals surface area contributed by atoms with E-state index < -0.39 is 5.97 Å². The van der Waals surface area contributed by atoms with Crippen molar-refractivity contribution in [2.75, 3.05) is 6.61 Å². The number of carbonyl (C=O) groups is 1. The van der Waals surface area contributed by atoms with Crippen LogP contribution >= 0.6 is 0 Å². The number of hydrogen-bond donors (Lipinski definition) is 1. The lowest BCUT2D eigenvalue weighted by molar-refractivity contribution is 0.0696.